The Balaban J connectivity index is 1.52. The summed E-state index contributed by atoms with van der Waals surface area (Å²) in [5.74, 6) is 0.938. The molecule has 1 saturated heterocycles. The lowest BCUT2D eigenvalue weighted by Crippen LogP contribution is -2.51. The average Bonchev–Trinajstić information content (AvgIpc) is 3.32. The van der Waals surface area contributed by atoms with Crippen LogP contribution in [0.5, 0.6) is 0 Å². The second-order valence-electron chi connectivity index (χ2n) is 7.93. The Kier molecular flexibility index (Phi) is 3.54. The van der Waals surface area contributed by atoms with E-state index in [4.69, 9.17) is 0 Å². The first-order chi connectivity index (χ1) is 11.0. The van der Waals surface area contributed by atoms with Crippen molar-refractivity contribution in [3.63, 3.8) is 0 Å². The number of hydrogen-bond donors (Lipinski definition) is 2. The molecule has 3 heteroatoms. The fourth-order valence-electron chi connectivity index (χ4n) is 4.43. The summed E-state index contributed by atoms with van der Waals surface area (Å²) < 4.78 is 0. The van der Waals surface area contributed by atoms with Gasteiger partial charge in [-0.1, -0.05) is 18.6 Å². The van der Waals surface area contributed by atoms with Crippen LogP contribution in [0.25, 0.3) is 10.9 Å². The van der Waals surface area contributed by atoms with Gasteiger partial charge in [0.15, 0.2) is 0 Å². The number of fused-ring (bicyclic) bond motifs is 1. The number of nitrogens with zero attached hydrogens (tertiary/aromatic N) is 1. The van der Waals surface area contributed by atoms with Gasteiger partial charge >= 0.3 is 0 Å². The number of benzene rings is 1. The van der Waals surface area contributed by atoms with Gasteiger partial charge in [-0.15, -0.1) is 0 Å². The number of hydrogen-bond acceptors (Lipinski definition) is 2. The lowest BCUT2D eigenvalue weighted by molar-refractivity contribution is -0.0834. The number of aryl methyl sites for hydroxylation is 2. The Morgan fingerprint density at radius 2 is 2.09 bits per heavy atom. The first-order valence-corrected chi connectivity index (χ1v) is 9.00. The zero-order valence-corrected chi connectivity index (χ0v) is 14.5. The molecule has 1 aromatic heterocycles. The van der Waals surface area contributed by atoms with Gasteiger partial charge in [0.2, 0.25) is 0 Å². The molecule has 124 valence electrons. The molecule has 1 aliphatic heterocycles. The van der Waals surface area contributed by atoms with E-state index in [2.05, 4.69) is 48.9 Å². The molecule has 1 aliphatic carbocycles. The van der Waals surface area contributed by atoms with Crippen molar-refractivity contribution in [1.82, 2.24) is 9.88 Å². The highest BCUT2D eigenvalue weighted by Gasteiger charge is 2.49. The molecule has 0 radical (unpaired) electrons. The summed E-state index contributed by atoms with van der Waals surface area (Å²) in [5, 5.41) is 12.3. The highest BCUT2D eigenvalue weighted by Crippen LogP contribution is 2.47. The Bertz CT molecular complexity index is 731. The number of nitrogens with one attached hydrogen (secondary N) is 1. The van der Waals surface area contributed by atoms with Crippen molar-refractivity contribution in [2.24, 2.45) is 11.8 Å². The standard InChI is InChI=1S/C20H28N2O/c1-13-4-7-18-17(10-13)15(3)19(21-18)12-22-9-8-20(23,14(2)11-22)16-5-6-16/h4,7,10,14,16,21,23H,5-6,8-9,11-12H2,1-3H3/t14-,20+/m0/s1. The van der Waals surface area contributed by atoms with Crippen molar-refractivity contribution in [3.05, 3.63) is 35.0 Å². The summed E-state index contributed by atoms with van der Waals surface area (Å²) >= 11 is 0. The third-order valence-electron chi connectivity index (χ3n) is 6.20. The summed E-state index contributed by atoms with van der Waals surface area (Å²) in [6, 6.07) is 6.63. The van der Waals surface area contributed by atoms with Crippen LogP contribution in [0.2, 0.25) is 0 Å². The molecule has 2 fully saturated rings. The molecule has 2 N–H and O–H groups in total. The number of H-pyrrole nitrogens is 1. The highest BCUT2D eigenvalue weighted by molar-refractivity contribution is 5.85. The molecule has 3 nitrogen and oxygen atoms in total. The van der Waals surface area contributed by atoms with Crippen LogP contribution in [0, 0.1) is 25.7 Å². The molecule has 2 atom stereocenters. The van der Waals surface area contributed by atoms with Gasteiger partial charge in [0, 0.05) is 36.2 Å². The van der Waals surface area contributed by atoms with Gasteiger partial charge in [-0.25, -0.2) is 0 Å². The van der Waals surface area contributed by atoms with Gasteiger partial charge in [-0.2, -0.15) is 0 Å². The molecular formula is C20H28N2O. The van der Waals surface area contributed by atoms with E-state index < -0.39 is 5.60 Å². The Hall–Kier alpha value is -1.32. The van der Waals surface area contributed by atoms with Gasteiger partial charge in [-0.3, -0.25) is 4.90 Å². The molecule has 0 bridgehead atoms. The van der Waals surface area contributed by atoms with Crippen molar-refractivity contribution < 1.29 is 5.11 Å². The van der Waals surface area contributed by atoms with Crippen molar-refractivity contribution in [1.29, 1.82) is 0 Å². The summed E-state index contributed by atoms with van der Waals surface area (Å²) in [5.41, 5.74) is 4.85. The molecule has 0 spiro atoms. The van der Waals surface area contributed by atoms with Crippen LogP contribution in [0.15, 0.2) is 18.2 Å². The molecular weight excluding hydrogens is 284 g/mol. The van der Waals surface area contributed by atoms with E-state index >= 15 is 0 Å². The second-order valence-corrected chi connectivity index (χ2v) is 7.93. The van der Waals surface area contributed by atoms with Gasteiger partial charge in [0.05, 0.1) is 5.60 Å². The van der Waals surface area contributed by atoms with Gasteiger partial charge in [0.25, 0.3) is 0 Å². The van der Waals surface area contributed by atoms with Crippen LogP contribution < -0.4 is 0 Å². The number of aromatic nitrogens is 1. The predicted octanol–water partition coefficient (Wildman–Crippen LogP) is 3.77. The molecule has 2 aromatic rings. The van der Waals surface area contributed by atoms with E-state index in [1.165, 1.54) is 40.6 Å². The Labute approximate surface area is 138 Å². The Morgan fingerprint density at radius 3 is 2.78 bits per heavy atom. The number of piperidine rings is 1. The maximum atomic E-state index is 10.9. The van der Waals surface area contributed by atoms with Gasteiger partial charge in [0.1, 0.15) is 0 Å². The van der Waals surface area contributed by atoms with E-state index in [0.29, 0.717) is 11.8 Å². The van der Waals surface area contributed by atoms with E-state index in [-0.39, 0.29) is 0 Å². The quantitative estimate of drug-likeness (QED) is 0.905. The Morgan fingerprint density at radius 1 is 1.30 bits per heavy atom. The third kappa shape index (κ3) is 2.60. The SMILES string of the molecule is Cc1ccc2[nH]c(CN3CC[C@](O)(C4CC4)[C@@H](C)C3)c(C)c2c1. The van der Waals surface area contributed by atoms with E-state index in [0.717, 1.165) is 26.1 Å². The number of rotatable bonds is 3. The summed E-state index contributed by atoms with van der Waals surface area (Å²) in [6.07, 6.45) is 3.37. The smallest absolute Gasteiger partial charge is 0.0725 e. The molecule has 2 heterocycles. The fraction of sp³-hybridized carbons (Fsp3) is 0.600. The molecule has 1 saturated carbocycles. The van der Waals surface area contributed by atoms with Crippen LogP contribution in [-0.2, 0) is 6.54 Å². The van der Waals surface area contributed by atoms with Crippen molar-refractivity contribution in [2.45, 2.75) is 52.2 Å². The average molecular weight is 312 g/mol. The van der Waals surface area contributed by atoms with Crippen LogP contribution in [-0.4, -0.2) is 33.7 Å². The third-order valence-corrected chi connectivity index (χ3v) is 6.20. The summed E-state index contributed by atoms with van der Waals surface area (Å²) in [6.45, 7) is 9.57. The van der Waals surface area contributed by atoms with E-state index in [9.17, 15) is 5.11 Å². The van der Waals surface area contributed by atoms with Crippen molar-refractivity contribution in [3.8, 4) is 0 Å². The molecule has 1 aromatic carbocycles. The second kappa shape index (κ2) is 5.35. The van der Waals surface area contributed by atoms with Crippen LogP contribution in [0.4, 0.5) is 0 Å². The predicted molar refractivity (Wildman–Crippen MR) is 94.5 cm³/mol. The van der Waals surface area contributed by atoms with Crippen LogP contribution in [0.3, 0.4) is 0 Å². The first kappa shape index (κ1) is 15.2. The zero-order chi connectivity index (χ0) is 16.2. The minimum absolute atomic E-state index is 0.371. The minimum Gasteiger partial charge on any atom is -0.389 e. The number of aliphatic hydroxyl groups is 1. The lowest BCUT2D eigenvalue weighted by Gasteiger charge is -2.43. The van der Waals surface area contributed by atoms with E-state index in [1.807, 2.05) is 0 Å². The van der Waals surface area contributed by atoms with E-state index in [1.54, 1.807) is 0 Å². The first-order valence-electron chi connectivity index (χ1n) is 9.00. The fourth-order valence-corrected chi connectivity index (χ4v) is 4.43. The largest absolute Gasteiger partial charge is 0.389 e. The van der Waals surface area contributed by atoms with Crippen LogP contribution in [0.1, 0.15) is 43.0 Å². The summed E-state index contributed by atoms with van der Waals surface area (Å²) in [7, 11) is 0. The van der Waals surface area contributed by atoms with Crippen molar-refractivity contribution >= 4 is 10.9 Å². The molecule has 2 aliphatic rings. The number of likely N-dealkylation sites (tertiary alicyclic amines) is 1. The van der Waals surface area contributed by atoms with Crippen molar-refractivity contribution in [2.75, 3.05) is 13.1 Å². The molecule has 4 rings (SSSR count). The monoisotopic (exact) mass is 312 g/mol. The normalized spacial score (nSPS) is 29.3. The minimum atomic E-state index is -0.400. The lowest BCUT2D eigenvalue weighted by atomic mass is 9.78. The maximum absolute atomic E-state index is 10.9. The van der Waals surface area contributed by atoms with Gasteiger partial charge in [-0.05, 0) is 62.6 Å². The highest BCUT2D eigenvalue weighted by atomic mass is 16.3. The maximum Gasteiger partial charge on any atom is 0.0725 e. The van der Waals surface area contributed by atoms with Gasteiger partial charge < -0.3 is 10.1 Å². The zero-order valence-electron chi connectivity index (χ0n) is 14.5. The topological polar surface area (TPSA) is 39.3 Å². The molecule has 23 heavy (non-hydrogen) atoms. The number of aromatic amines is 1. The molecule has 0 amide bonds. The summed E-state index contributed by atoms with van der Waals surface area (Å²) in [4.78, 5) is 6.11. The van der Waals surface area contributed by atoms with Crippen LogP contribution >= 0.6 is 0 Å². The molecule has 0 unspecified atom stereocenters.